The number of aryl methyl sites for hydroxylation is 1. The van der Waals surface area contributed by atoms with Crippen molar-refractivity contribution in [2.75, 3.05) is 11.1 Å². The molecule has 5 nitrogen and oxygen atoms in total. The van der Waals surface area contributed by atoms with E-state index in [4.69, 9.17) is 5.73 Å². The summed E-state index contributed by atoms with van der Waals surface area (Å²) in [6.45, 7) is 2.08. The maximum atomic E-state index is 5.82. The summed E-state index contributed by atoms with van der Waals surface area (Å²) in [6, 6.07) is 9.92. The van der Waals surface area contributed by atoms with E-state index in [-0.39, 0.29) is 6.04 Å². The highest BCUT2D eigenvalue weighted by molar-refractivity contribution is 5.85. The molecule has 0 amide bonds. The maximum Gasteiger partial charge on any atom is 0.154 e. The van der Waals surface area contributed by atoms with Gasteiger partial charge in [-0.25, -0.2) is 9.97 Å². The molecule has 0 fully saturated rings. The van der Waals surface area contributed by atoms with Crippen molar-refractivity contribution in [1.29, 1.82) is 0 Å². The fraction of sp³-hybridized carbons (Fsp3) is 0.200. The number of hydrogen-bond donors (Lipinski definition) is 2. The zero-order valence-electron chi connectivity index (χ0n) is 11.5. The molecule has 102 valence electrons. The number of nitrogens with zero attached hydrogens (tertiary/aromatic N) is 3. The van der Waals surface area contributed by atoms with Gasteiger partial charge in [-0.1, -0.05) is 12.1 Å². The van der Waals surface area contributed by atoms with Crippen molar-refractivity contribution in [1.82, 2.24) is 14.5 Å². The van der Waals surface area contributed by atoms with Gasteiger partial charge in [-0.3, -0.25) is 0 Å². The van der Waals surface area contributed by atoms with Crippen molar-refractivity contribution >= 4 is 22.5 Å². The Morgan fingerprint density at radius 3 is 2.90 bits per heavy atom. The average Bonchev–Trinajstić information content (AvgIpc) is 2.82. The Morgan fingerprint density at radius 2 is 2.10 bits per heavy atom. The van der Waals surface area contributed by atoms with E-state index in [9.17, 15) is 0 Å². The van der Waals surface area contributed by atoms with Crippen molar-refractivity contribution in [3.63, 3.8) is 0 Å². The number of nitrogens with two attached hydrogens (primary N) is 1. The summed E-state index contributed by atoms with van der Waals surface area (Å²) in [5.41, 5.74) is 9.65. The number of nitrogens with one attached hydrogen (secondary N) is 1. The molecule has 2 aromatic heterocycles. The zero-order valence-corrected chi connectivity index (χ0v) is 11.5. The number of aromatic nitrogens is 3. The lowest BCUT2D eigenvalue weighted by Gasteiger charge is -2.15. The monoisotopic (exact) mass is 267 g/mol. The van der Waals surface area contributed by atoms with Gasteiger partial charge in [0.1, 0.15) is 5.52 Å². The predicted molar refractivity (Wildman–Crippen MR) is 81.4 cm³/mol. The second-order valence-electron chi connectivity index (χ2n) is 4.92. The third-order valence-corrected chi connectivity index (χ3v) is 3.41. The number of pyridine rings is 1. The van der Waals surface area contributed by atoms with Crippen molar-refractivity contribution in [2.45, 2.75) is 13.0 Å². The van der Waals surface area contributed by atoms with Crippen LogP contribution in [0.15, 0.2) is 42.9 Å². The van der Waals surface area contributed by atoms with Gasteiger partial charge in [-0.05, 0) is 30.7 Å². The first-order valence-electron chi connectivity index (χ1n) is 6.53. The van der Waals surface area contributed by atoms with Gasteiger partial charge < -0.3 is 15.6 Å². The molecular weight excluding hydrogens is 250 g/mol. The molecule has 1 atom stereocenters. The van der Waals surface area contributed by atoms with Gasteiger partial charge in [0, 0.05) is 18.9 Å². The molecule has 0 saturated carbocycles. The van der Waals surface area contributed by atoms with Crippen molar-refractivity contribution in [3.8, 4) is 0 Å². The van der Waals surface area contributed by atoms with Gasteiger partial charge in [-0.15, -0.1) is 0 Å². The molecule has 3 N–H and O–H groups in total. The largest absolute Gasteiger partial charge is 0.399 e. The molecule has 2 heterocycles. The van der Waals surface area contributed by atoms with Crippen molar-refractivity contribution < 1.29 is 0 Å². The first kappa shape index (κ1) is 12.5. The van der Waals surface area contributed by atoms with Gasteiger partial charge in [0.05, 0.1) is 17.9 Å². The van der Waals surface area contributed by atoms with Crippen LogP contribution in [0.5, 0.6) is 0 Å². The molecule has 3 aromatic rings. The fourth-order valence-electron chi connectivity index (χ4n) is 2.28. The summed E-state index contributed by atoms with van der Waals surface area (Å²) in [5.74, 6) is 0.790. The summed E-state index contributed by atoms with van der Waals surface area (Å²) >= 11 is 0. The van der Waals surface area contributed by atoms with Crippen molar-refractivity contribution in [3.05, 3.63) is 48.4 Å². The summed E-state index contributed by atoms with van der Waals surface area (Å²) in [4.78, 5) is 8.79. The Labute approximate surface area is 117 Å². The fourth-order valence-corrected chi connectivity index (χ4v) is 2.28. The molecule has 0 spiro atoms. The molecular formula is C15H17N5. The predicted octanol–water partition coefficient (Wildman–Crippen LogP) is 2.72. The van der Waals surface area contributed by atoms with Crippen LogP contribution in [0, 0.1) is 0 Å². The topological polar surface area (TPSA) is 68.8 Å². The van der Waals surface area contributed by atoms with Crippen LogP contribution in [0.2, 0.25) is 0 Å². The molecule has 1 aromatic carbocycles. The smallest absolute Gasteiger partial charge is 0.154 e. The molecule has 3 rings (SSSR count). The van der Waals surface area contributed by atoms with E-state index in [0.717, 1.165) is 28.1 Å². The SMILES string of the molecule is CC(Nc1nccc2c1ncn2C)c1cccc(N)c1. The van der Waals surface area contributed by atoms with Gasteiger partial charge in [0.25, 0.3) is 0 Å². The maximum absolute atomic E-state index is 5.82. The van der Waals surface area contributed by atoms with Gasteiger partial charge in [0.15, 0.2) is 5.82 Å². The van der Waals surface area contributed by atoms with E-state index in [2.05, 4.69) is 22.2 Å². The van der Waals surface area contributed by atoms with E-state index in [1.54, 1.807) is 12.5 Å². The van der Waals surface area contributed by atoms with E-state index >= 15 is 0 Å². The number of fused-ring (bicyclic) bond motifs is 1. The lowest BCUT2D eigenvalue weighted by molar-refractivity contribution is 0.877. The molecule has 0 saturated heterocycles. The Hall–Kier alpha value is -2.56. The second-order valence-corrected chi connectivity index (χ2v) is 4.92. The van der Waals surface area contributed by atoms with E-state index in [1.165, 1.54) is 0 Å². The van der Waals surface area contributed by atoms with E-state index < -0.39 is 0 Å². The molecule has 0 radical (unpaired) electrons. The molecule has 0 aliphatic rings. The van der Waals surface area contributed by atoms with Crippen LogP contribution in [0.3, 0.4) is 0 Å². The summed E-state index contributed by atoms with van der Waals surface area (Å²) in [5, 5.41) is 3.40. The standard InChI is InChI=1S/C15H17N5/c1-10(11-4-3-5-12(16)8-11)19-15-14-13(6-7-17-15)20(2)9-18-14/h3-10H,16H2,1-2H3,(H,17,19). The Morgan fingerprint density at radius 1 is 1.25 bits per heavy atom. The zero-order chi connectivity index (χ0) is 14.1. The highest BCUT2D eigenvalue weighted by Crippen LogP contribution is 2.24. The molecule has 20 heavy (non-hydrogen) atoms. The Bertz CT molecular complexity index is 747. The minimum atomic E-state index is 0.110. The third-order valence-electron chi connectivity index (χ3n) is 3.41. The van der Waals surface area contributed by atoms with Crippen LogP contribution < -0.4 is 11.1 Å². The second kappa shape index (κ2) is 4.85. The third kappa shape index (κ3) is 2.18. The van der Waals surface area contributed by atoms with Crippen LogP contribution in [0.25, 0.3) is 11.0 Å². The lowest BCUT2D eigenvalue weighted by Crippen LogP contribution is -2.08. The highest BCUT2D eigenvalue weighted by atomic mass is 15.1. The number of rotatable bonds is 3. The number of hydrogen-bond acceptors (Lipinski definition) is 4. The van der Waals surface area contributed by atoms with Crippen LogP contribution in [-0.2, 0) is 7.05 Å². The first-order chi connectivity index (χ1) is 9.65. The number of benzene rings is 1. The van der Waals surface area contributed by atoms with Crippen LogP contribution in [0.4, 0.5) is 11.5 Å². The molecule has 0 aliphatic carbocycles. The number of nitrogen functional groups attached to an aromatic ring is 1. The van der Waals surface area contributed by atoms with Gasteiger partial charge in [-0.2, -0.15) is 0 Å². The molecule has 5 heteroatoms. The molecule has 0 bridgehead atoms. The molecule has 1 unspecified atom stereocenters. The lowest BCUT2D eigenvalue weighted by atomic mass is 10.1. The summed E-state index contributed by atoms with van der Waals surface area (Å²) in [7, 11) is 1.97. The van der Waals surface area contributed by atoms with E-state index in [1.807, 2.05) is 41.9 Å². The van der Waals surface area contributed by atoms with Gasteiger partial charge >= 0.3 is 0 Å². The highest BCUT2D eigenvalue weighted by Gasteiger charge is 2.11. The first-order valence-corrected chi connectivity index (χ1v) is 6.53. The van der Waals surface area contributed by atoms with Crippen LogP contribution in [-0.4, -0.2) is 14.5 Å². The minimum Gasteiger partial charge on any atom is -0.399 e. The number of imidazole rings is 1. The van der Waals surface area contributed by atoms with Crippen LogP contribution in [0.1, 0.15) is 18.5 Å². The van der Waals surface area contributed by atoms with E-state index in [0.29, 0.717) is 0 Å². The summed E-state index contributed by atoms with van der Waals surface area (Å²) in [6.07, 6.45) is 3.58. The average molecular weight is 267 g/mol. The number of anilines is 2. The molecule has 0 aliphatic heterocycles. The Balaban J connectivity index is 1.93. The summed E-state index contributed by atoms with van der Waals surface area (Å²) < 4.78 is 1.98. The van der Waals surface area contributed by atoms with Gasteiger partial charge in [0.2, 0.25) is 0 Å². The normalized spacial score (nSPS) is 12.5. The quantitative estimate of drug-likeness (QED) is 0.716. The van der Waals surface area contributed by atoms with Crippen LogP contribution >= 0.6 is 0 Å². The minimum absolute atomic E-state index is 0.110. The Kier molecular flexibility index (Phi) is 3.02. The van der Waals surface area contributed by atoms with Crippen molar-refractivity contribution in [2.24, 2.45) is 7.05 Å².